The average molecular weight is 1050 g/mol. The Morgan fingerprint density at radius 3 is 2.22 bits per heavy atom. The zero-order chi connectivity index (χ0) is 54.7. The molecule has 1 aromatic rings. The van der Waals surface area contributed by atoms with Gasteiger partial charge in [0.25, 0.3) is 11.7 Å². The molecular formula is C57H90N4O12Si. The topological polar surface area (TPSA) is 205 Å². The number of rotatable bonds is 13. The van der Waals surface area contributed by atoms with Crippen LogP contribution in [0.1, 0.15) is 145 Å². The largest absolute Gasteiger partial charge is 0.456 e. The smallest absolute Gasteiger partial charge is 0.329 e. The SMILES string of the molecule is CCC1C=C(C)CC(C)CC(OC)C2OC(O)(C(=O)C(=O)N3CCCCC3C(=O)OC(C(C)=CC3CCC(OCC(N=[N+]=[N-])c4ccccc4)C(OC)C3)C(C)C(O[Si](C)(C)C(C)(C)C)CC1=O)C(C)CC2OC. The number of methoxy groups -OCH3 is 3. The first kappa shape index (κ1) is 61.1. The van der Waals surface area contributed by atoms with Gasteiger partial charge < -0.3 is 42.9 Å². The molecule has 5 rings (SSSR count). The molecule has 1 saturated carbocycles. The normalized spacial score (nSPS) is 34.4. The van der Waals surface area contributed by atoms with Gasteiger partial charge in [-0.3, -0.25) is 14.4 Å². The molecule has 3 aliphatic heterocycles. The van der Waals surface area contributed by atoms with E-state index in [0.717, 1.165) is 23.1 Å². The average Bonchev–Trinajstić information content (AvgIpc) is 3.37. The van der Waals surface area contributed by atoms with Crippen molar-refractivity contribution in [3.8, 4) is 0 Å². The molecule has 4 aliphatic rings. The van der Waals surface area contributed by atoms with Gasteiger partial charge in [-0.2, -0.15) is 0 Å². The van der Waals surface area contributed by atoms with Crippen LogP contribution in [0.5, 0.6) is 0 Å². The molecule has 2 bridgehead atoms. The number of carbonyl (C=O) groups is 4. The maximum atomic E-state index is 15.0. The molecule has 74 heavy (non-hydrogen) atoms. The van der Waals surface area contributed by atoms with Gasteiger partial charge in [-0.05, 0) is 125 Å². The van der Waals surface area contributed by atoms with Crippen molar-refractivity contribution in [3.05, 3.63) is 69.6 Å². The molecule has 0 radical (unpaired) electrons. The summed E-state index contributed by atoms with van der Waals surface area (Å²) in [5.41, 5.74) is 12.0. The van der Waals surface area contributed by atoms with Gasteiger partial charge >= 0.3 is 5.97 Å². The molecule has 3 fully saturated rings. The summed E-state index contributed by atoms with van der Waals surface area (Å²) >= 11 is 0. The van der Waals surface area contributed by atoms with Crippen molar-refractivity contribution in [1.29, 1.82) is 0 Å². The highest BCUT2D eigenvalue weighted by molar-refractivity contribution is 6.74. The Balaban J connectivity index is 1.57. The van der Waals surface area contributed by atoms with E-state index in [1.165, 1.54) is 4.90 Å². The highest BCUT2D eigenvalue weighted by Crippen LogP contribution is 2.42. The highest BCUT2D eigenvalue weighted by Gasteiger charge is 2.57. The number of aliphatic hydroxyl groups is 1. The van der Waals surface area contributed by atoms with Gasteiger partial charge in [-0.1, -0.05) is 102 Å². The predicted octanol–water partition coefficient (Wildman–Crippen LogP) is 10.6. The fourth-order valence-electron chi connectivity index (χ4n) is 11.4. The van der Waals surface area contributed by atoms with Crippen molar-refractivity contribution in [3.63, 3.8) is 0 Å². The van der Waals surface area contributed by atoms with Crippen LogP contribution >= 0.6 is 0 Å². The van der Waals surface area contributed by atoms with E-state index < -0.39 is 92.1 Å². The summed E-state index contributed by atoms with van der Waals surface area (Å²) in [5.74, 6) is -7.08. The van der Waals surface area contributed by atoms with E-state index in [9.17, 15) is 25.0 Å². The number of hydrogen-bond donors (Lipinski definition) is 1. The maximum absolute atomic E-state index is 15.0. The summed E-state index contributed by atoms with van der Waals surface area (Å²) in [5, 5.41) is 16.1. The number of cyclic esters (lactones) is 1. The Kier molecular flexibility index (Phi) is 22.3. The Morgan fingerprint density at radius 2 is 1.59 bits per heavy atom. The third kappa shape index (κ3) is 15.0. The van der Waals surface area contributed by atoms with Crippen LogP contribution in [-0.2, 0) is 52.0 Å². The molecule has 1 N–H and O–H groups in total. The number of Topliss-reactive ketones (excluding diaryl/α,β-unsaturated/α-hetero) is 2. The number of azide groups is 1. The second-order valence-corrected chi connectivity index (χ2v) is 28.2. The lowest BCUT2D eigenvalue weighted by Crippen LogP contribution is -2.64. The van der Waals surface area contributed by atoms with Gasteiger partial charge in [0.05, 0.1) is 43.2 Å². The second-order valence-electron chi connectivity index (χ2n) is 23.4. The summed E-state index contributed by atoms with van der Waals surface area (Å²) in [6.45, 7) is 22.8. The summed E-state index contributed by atoms with van der Waals surface area (Å²) in [7, 11) is 2.19. The third-order valence-electron chi connectivity index (χ3n) is 16.9. The number of nitrogens with zero attached hydrogens (tertiary/aromatic N) is 4. The van der Waals surface area contributed by atoms with Crippen molar-refractivity contribution in [2.45, 2.75) is 212 Å². The molecule has 1 aromatic carbocycles. The molecule has 16 nitrogen and oxygen atoms in total. The van der Waals surface area contributed by atoms with E-state index in [4.69, 9.17) is 32.8 Å². The minimum Gasteiger partial charge on any atom is -0.456 e. The van der Waals surface area contributed by atoms with Crippen LogP contribution in [0, 0.1) is 29.6 Å². The van der Waals surface area contributed by atoms with Crippen molar-refractivity contribution >= 4 is 31.8 Å². The Hall–Kier alpha value is -3.77. The Labute approximate surface area is 442 Å². The van der Waals surface area contributed by atoms with E-state index in [1.54, 1.807) is 28.3 Å². The maximum Gasteiger partial charge on any atom is 0.329 e. The number of allylic oxidation sites excluding steroid dienone is 3. The molecule has 414 valence electrons. The van der Waals surface area contributed by atoms with Crippen molar-refractivity contribution in [2.24, 2.45) is 34.7 Å². The van der Waals surface area contributed by atoms with Gasteiger partial charge in [-0.25, -0.2) is 4.79 Å². The minimum absolute atomic E-state index is 0.0119. The summed E-state index contributed by atoms with van der Waals surface area (Å²) in [6, 6.07) is 7.89. The molecular weight excluding hydrogens is 961 g/mol. The number of benzene rings is 1. The van der Waals surface area contributed by atoms with Crippen LogP contribution in [0.2, 0.25) is 18.1 Å². The molecule has 0 aromatic heterocycles. The lowest BCUT2D eigenvalue weighted by molar-refractivity contribution is -0.302. The number of piperidine rings is 1. The van der Waals surface area contributed by atoms with Crippen LogP contribution < -0.4 is 0 Å². The standard InChI is InChI=1S/C57H90N4O12Si/c1-15-41-28-35(2)27-36(3)29-49(68-11)52-50(69-12)31-38(5)57(66,72-52)53(63)54(64)61-26-20-19-23-44(61)55(65)71-51(39(6)47(33-45(41)62)73-74(13,14)56(7,8)9)37(4)30-40-24-25-46(48(32-40)67-10)70-34-43(59-60-58)42-21-17-16-18-22-42/h16-18,21-22,28,30,36,38-41,43-44,46-52,66H,15,19-20,23-27,29,31-34H2,1-14H3. The van der Waals surface area contributed by atoms with Gasteiger partial charge in [-0.15, -0.1) is 0 Å². The van der Waals surface area contributed by atoms with Crippen molar-refractivity contribution in [1.82, 2.24) is 4.90 Å². The highest BCUT2D eigenvalue weighted by atomic mass is 28.4. The number of carbonyl (C=O) groups excluding carboxylic acids is 4. The number of hydrogen-bond acceptors (Lipinski definition) is 13. The van der Waals surface area contributed by atoms with E-state index in [0.29, 0.717) is 44.9 Å². The van der Waals surface area contributed by atoms with Gasteiger partial charge in [0.2, 0.25) is 5.79 Å². The second kappa shape index (κ2) is 27.0. The number of esters is 1. The molecule has 17 heteroatoms. The lowest BCUT2D eigenvalue weighted by atomic mass is 9.81. The van der Waals surface area contributed by atoms with Crippen LogP contribution in [0.25, 0.3) is 10.4 Å². The van der Waals surface area contributed by atoms with E-state index in [-0.39, 0.29) is 67.3 Å². The van der Waals surface area contributed by atoms with E-state index in [1.807, 2.05) is 58.0 Å². The molecule has 3 heterocycles. The minimum atomic E-state index is -2.58. The molecule has 0 spiro atoms. The predicted molar refractivity (Wildman–Crippen MR) is 286 cm³/mol. The van der Waals surface area contributed by atoms with Gasteiger partial charge in [0, 0.05) is 57.0 Å². The molecule has 1 amide bonds. The third-order valence-corrected chi connectivity index (χ3v) is 21.4. The lowest BCUT2D eigenvalue weighted by Gasteiger charge is -2.47. The van der Waals surface area contributed by atoms with E-state index in [2.05, 4.69) is 63.0 Å². The van der Waals surface area contributed by atoms with Crippen molar-refractivity contribution in [2.75, 3.05) is 34.5 Å². The fraction of sp³-hybridized carbons (Fsp3) is 0.754. The molecule has 2 saturated heterocycles. The van der Waals surface area contributed by atoms with Gasteiger partial charge in [0.1, 0.15) is 24.0 Å². The monoisotopic (exact) mass is 1050 g/mol. The van der Waals surface area contributed by atoms with Crippen LogP contribution in [0.15, 0.2) is 58.7 Å². The number of ether oxygens (including phenoxy) is 6. The van der Waals surface area contributed by atoms with E-state index >= 15 is 4.79 Å². The summed E-state index contributed by atoms with van der Waals surface area (Å²) < 4.78 is 44.8. The molecule has 1 aliphatic carbocycles. The Morgan fingerprint density at radius 1 is 0.932 bits per heavy atom. The van der Waals surface area contributed by atoms with Gasteiger partial charge in [0.15, 0.2) is 8.32 Å². The van der Waals surface area contributed by atoms with Crippen molar-refractivity contribution < 1.29 is 57.1 Å². The van der Waals surface area contributed by atoms with Crippen LogP contribution in [-0.4, -0.2) is 131 Å². The first-order valence-electron chi connectivity index (χ1n) is 27.2. The van der Waals surface area contributed by atoms with Crippen LogP contribution in [0.3, 0.4) is 0 Å². The number of ketones is 2. The summed E-state index contributed by atoms with van der Waals surface area (Å²) in [4.78, 5) is 63.4. The number of fused-ring (bicyclic) bond motifs is 3. The number of amides is 1. The van der Waals surface area contributed by atoms with Crippen LogP contribution in [0.4, 0.5) is 0 Å². The zero-order valence-electron chi connectivity index (χ0n) is 47.0. The molecule has 15 unspecified atom stereocenters. The molecule has 15 atom stereocenters. The Bertz CT molecular complexity index is 2160. The zero-order valence-corrected chi connectivity index (χ0v) is 48.0. The summed E-state index contributed by atoms with van der Waals surface area (Å²) in [6.07, 6.45) is 5.41. The fourth-order valence-corrected chi connectivity index (χ4v) is 12.8. The first-order valence-corrected chi connectivity index (χ1v) is 30.1. The first-order chi connectivity index (χ1) is 34.9. The quantitative estimate of drug-likeness (QED) is 0.0373.